The third-order valence-corrected chi connectivity index (χ3v) is 2.79. The van der Waals surface area contributed by atoms with Crippen molar-refractivity contribution in [2.75, 3.05) is 0 Å². The van der Waals surface area contributed by atoms with Gasteiger partial charge in [0, 0.05) is 24.3 Å². The molecule has 1 atom stereocenters. The van der Waals surface area contributed by atoms with Gasteiger partial charge in [0.2, 0.25) is 0 Å². The van der Waals surface area contributed by atoms with Crippen molar-refractivity contribution in [2.45, 2.75) is 18.8 Å². The van der Waals surface area contributed by atoms with Gasteiger partial charge in [0.05, 0.1) is 0 Å². The van der Waals surface area contributed by atoms with E-state index in [1.54, 1.807) is 6.20 Å². The first-order valence-corrected chi connectivity index (χ1v) is 5.81. The van der Waals surface area contributed by atoms with Crippen LogP contribution < -0.4 is 0 Å². The molecular formula is C15H16N2. The lowest BCUT2D eigenvalue weighted by atomic mass is 9.92. The minimum Gasteiger partial charge on any atom is -0.264 e. The van der Waals surface area contributed by atoms with E-state index in [1.807, 2.05) is 36.7 Å². The number of pyridine rings is 2. The number of hydrogen-bond donors (Lipinski definition) is 0. The van der Waals surface area contributed by atoms with Gasteiger partial charge in [-0.1, -0.05) is 18.2 Å². The van der Waals surface area contributed by atoms with E-state index in [2.05, 4.69) is 28.7 Å². The summed E-state index contributed by atoms with van der Waals surface area (Å²) in [4.78, 5) is 8.55. The number of aromatic nitrogens is 2. The van der Waals surface area contributed by atoms with Crippen LogP contribution in [0.5, 0.6) is 0 Å². The predicted octanol–water partition coefficient (Wildman–Crippen LogP) is 3.38. The third-order valence-electron chi connectivity index (χ3n) is 2.79. The standard InChI is InChI=1S/C15H16N2/c1-2-6-13(14-7-5-9-16-12-14)11-15-8-3-4-10-17-15/h2-5,7-10,12-13H,1,6,11H2. The highest BCUT2D eigenvalue weighted by Crippen LogP contribution is 2.23. The Hall–Kier alpha value is -1.96. The van der Waals surface area contributed by atoms with E-state index in [0.717, 1.165) is 18.5 Å². The quantitative estimate of drug-likeness (QED) is 0.728. The van der Waals surface area contributed by atoms with Crippen LogP contribution in [0.4, 0.5) is 0 Å². The highest BCUT2D eigenvalue weighted by molar-refractivity contribution is 5.19. The Bertz CT molecular complexity index is 451. The number of rotatable bonds is 5. The number of hydrogen-bond acceptors (Lipinski definition) is 2. The summed E-state index contributed by atoms with van der Waals surface area (Å²) in [6.45, 7) is 3.83. The van der Waals surface area contributed by atoms with E-state index in [4.69, 9.17) is 0 Å². The summed E-state index contributed by atoms with van der Waals surface area (Å²) in [6, 6.07) is 10.1. The summed E-state index contributed by atoms with van der Waals surface area (Å²) in [7, 11) is 0. The zero-order chi connectivity index (χ0) is 11.9. The third kappa shape index (κ3) is 3.25. The van der Waals surface area contributed by atoms with Crippen molar-refractivity contribution in [3.05, 3.63) is 72.8 Å². The van der Waals surface area contributed by atoms with Gasteiger partial charge < -0.3 is 0 Å². The Morgan fingerprint density at radius 3 is 2.76 bits per heavy atom. The Balaban J connectivity index is 2.16. The fraction of sp³-hybridized carbons (Fsp3) is 0.200. The molecule has 0 aliphatic heterocycles. The zero-order valence-corrected chi connectivity index (χ0v) is 9.79. The van der Waals surface area contributed by atoms with Crippen LogP contribution in [0.3, 0.4) is 0 Å². The topological polar surface area (TPSA) is 25.8 Å². The first kappa shape index (κ1) is 11.5. The monoisotopic (exact) mass is 224 g/mol. The van der Waals surface area contributed by atoms with Gasteiger partial charge in [0.25, 0.3) is 0 Å². The fourth-order valence-electron chi connectivity index (χ4n) is 1.93. The second-order valence-corrected chi connectivity index (χ2v) is 4.03. The van der Waals surface area contributed by atoms with E-state index in [-0.39, 0.29) is 0 Å². The highest BCUT2D eigenvalue weighted by atomic mass is 14.7. The Labute approximate surface area is 102 Å². The minimum absolute atomic E-state index is 0.413. The SMILES string of the molecule is C=CCC(Cc1ccccn1)c1cccnc1. The van der Waals surface area contributed by atoms with Crippen LogP contribution in [-0.4, -0.2) is 9.97 Å². The summed E-state index contributed by atoms with van der Waals surface area (Å²) in [5.41, 5.74) is 2.36. The van der Waals surface area contributed by atoms with Gasteiger partial charge in [-0.25, -0.2) is 0 Å². The van der Waals surface area contributed by atoms with Gasteiger partial charge in [-0.3, -0.25) is 9.97 Å². The van der Waals surface area contributed by atoms with Crippen molar-refractivity contribution in [1.82, 2.24) is 9.97 Å². The van der Waals surface area contributed by atoms with Crippen LogP contribution in [0.1, 0.15) is 23.6 Å². The van der Waals surface area contributed by atoms with Crippen LogP contribution in [-0.2, 0) is 6.42 Å². The highest BCUT2D eigenvalue weighted by Gasteiger charge is 2.11. The van der Waals surface area contributed by atoms with Gasteiger partial charge in [-0.15, -0.1) is 6.58 Å². The molecule has 0 aromatic carbocycles. The second-order valence-electron chi connectivity index (χ2n) is 4.03. The van der Waals surface area contributed by atoms with Gasteiger partial charge in [0.15, 0.2) is 0 Å². The molecular weight excluding hydrogens is 208 g/mol. The molecule has 2 aromatic rings. The molecule has 2 aromatic heterocycles. The first-order valence-electron chi connectivity index (χ1n) is 5.81. The van der Waals surface area contributed by atoms with E-state index in [0.29, 0.717) is 5.92 Å². The van der Waals surface area contributed by atoms with Crippen LogP contribution in [0, 0.1) is 0 Å². The van der Waals surface area contributed by atoms with E-state index in [1.165, 1.54) is 5.56 Å². The van der Waals surface area contributed by atoms with Crippen molar-refractivity contribution < 1.29 is 0 Å². The van der Waals surface area contributed by atoms with E-state index >= 15 is 0 Å². The van der Waals surface area contributed by atoms with Gasteiger partial charge >= 0.3 is 0 Å². The molecule has 0 bridgehead atoms. The molecule has 0 saturated carbocycles. The van der Waals surface area contributed by atoms with Crippen LogP contribution in [0.2, 0.25) is 0 Å². The van der Waals surface area contributed by atoms with E-state index < -0.39 is 0 Å². The molecule has 17 heavy (non-hydrogen) atoms. The van der Waals surface area contributed by atoms with Crippen LogP contribution in [0.25, 0.3) is 0 Å². The number of allylic oxidation sites excluding steroid dienone is 1. The molecule has 0 N–H and O–H groups in total. The molecule has 1 unspecified atom stereocenters. The molecule has 0 saturated heterocycles. The molecule has 86 valence electrons. The van der Waals surface area contributed by atoms with Crippen molar-refractivity contribution >= 4 is 0 Å². The smallest absolute Gasteiger partial charge is 0.0409 e. The molecule has 0 amide bonds. The maximum absolute atomic E-state index is 4.37. The molecule has 2 heteroatoms. The Morgan fingerprint density at radius 1 is 1.18 bits per heavy atom. The van der Waals surface area contributed by atoms with Gasteiger partial charge in [-0.2, -0.15) is 0 Å². The first-order chi connectivity index (χ1) is 8.40. The van der Waals surface area contributed by atoms with Crippen molar-refractivity contribution in [3.8, 4) is 0 Å². The average molecular weight is 224 g/mol. The van der Waals surface area contributed by atoms with Gasteiger partial charge in [-0.05, 0) is 42.5 Å². The van der Waals surface area contributed by atoms with Crippen molar-refractivity contribution in [3.63, 3.8) is 0 Å². The maximum atomic E-state index is 4.37. The maximum Gasteiger partial charge on any atom is 0.0409 e. The molecule has 0 fully saturated rings. The van der Waals surface area contributed by atoms with E-state index in [9.17, 15) is 0 Å². The molecule has 0 spiro atoms. The fourth-order valence-corrected chi connectivity index (χ4v) is 1.93. The zero-order valence-electron chi connectivity index (χ0n) is 9.79. The lowest BCUT2D eigenvalue weighted by Crippen LogP contribution is -2.03. The molecule has 0 aliphatic rings. The lowest BCUT2D eigenvalue weighted by Gasteiger charge is -2.14. The summed E-state index contributed by atoms with van der Waals surface area (Å²) < 4.78 is 0. The largest absolute Gasteiger partial charge is 0.264 e. The molecule has 2 heterocycles. The molecule has 0 aliphatic carbocycles. The molecule has 2 nitrogen and oxygen atoms in total. The summed E-state index contributed by atoms with van der Waals surface area (Å²) in [5, 5.41) is 0. The van der Waals surface area contributed by atoms with Crippen molar-refractivity contribution in [2.24, 2.45) is 0 Å². The average Bonchev–Trinajstić information content (AvgIpc) is 2.40. The van der Waals surface area contributed by atoms with Crippen LogP contribution in [0.15, 0.2) is 61.6 Å². The predicted molar refractivity (Wildman–Crippen MR) is 69.7 cm³/mol. The summed E-state index contributed by atoms with van der Waals surface area (Å²) >= 11 is 0. The lowest BCUT2D eigenvalue weighted by molar-refractivity contribution is 0.680. The van der Waals surface area contributed by atoms with Crippen molar-refractivity contribution in [1.29, 1.82) is 0 Å². The Kier molecular flexibility index (Phi) is 4.03. The molecule has 2 rings (SSSR count). The molecule has 0 radical (unpaired) electrons. The number of nitrogens with zero attached hydrogens (tertiary/aromatic N) is 2. The normalized spacial score (nSPS) is 12.0. The minimum atomic E-state index is 0.413. The Morgan fingerprint density at radius 2 is 2.12 bits per heavy atom. The second kappa shape index (κ2) is 5.94. The summed E-state index contributed by atoms with van der Waals surface area (Å²) in [5.74, 6) is 0.413. The van der Waals surface area contributed by atoms with Gasteiger partial charge in [0.1, 0.15) is 0 Å². The summed E-state index contributed by atoms with van der Waals surface area (Å²) in [6.07, 6.45) is 9.40. The van der Waals surface area contributed by atoms with Crippen LogP contribution >= 0.6 is 0 Å².